The molecule has 11 heteroatoms. The fourth-order valence-electron chi connectivity index (χ4n) is 6.44. The van der Waals surface area contributed by atoms with E-state index in [0.29, 0.717) is 24.0 Å². The molecule has 0 bridgehead atoms. The van der Waals surface area contributed by atoms with Gasteiger partial charge in [0.25, 0.3) is 17.7 Å². The van der Waals surface area contributed by atoms with Crippen LogP contribution in [0.4, 0.5) is 0 Å². The Morgan fingerprint density at radius 2 is 1.64 bits per heavy atom. The van der Waals surface area contributed by atoms with Crippen molar-refractivity contribution >= 4 is 17.7 Å². The number of ether oxygens (including phenoxy) is 2. The Hall–Kier alpha value is -2.41. The SMILES string of the molecule is COC1(O)[C@H](O)CC(O)(C(=O)N(C(C)CCCN2C(=O)c3ccccc3C2=O)C2CCCCC2)C[C@@]1(O)OC. The standard InChI is InChI=1S/C28H40N2O9/c1-18(10-9-15-29-23(32)20-13-7-8-14-21(20)24(29)33)30(19-11-5-4-6-12-19)25(34)26(35)16-22(31)28(37,39-3)27(36,17-26)38-2/h7-8,13-14,18-19,22,31,35-37H,4-6,9-12,15-17H2,1-3H3/t18?,22-,26?,27-,28?/m1/s1. The van der Waals surface area contributed by atoms with Crippen molar-refractivity contribution in [2.45, 2.75) is 100 Å². The molecule has 2 fully saturated rings. The summed E-state index contributed by atoms with van der Waals surface area (Å²) in [5.74, 6) is -6.43. The molecular weight excluding hydrogens is 508 g/mol. The minimum Gasteiger partial charge on any atom is -0.387 e. The van der Waals surface area contributed by atoms with E-state index in [0.717, 1.165) is 46.3 Å². The summed E-state index contributed by atoms with van der Waals surface area (Å²) in [6, 6.07) is 6.15. The van der Waals surface area contributed by atoms with Crippen molar-refractivity contribution in [1.82, 2.24) is 9.80 Å². The van der Waals surface area contributed by atoms with Gasteiger partial charge >= 0.3 is 0 Å². The van der Waals surface area contributed by atoms with Gasteiger partial charge in [0.2, 0.25) is 11.6 Å². The molecule has 1 aromatic rings. The summed E-state index contributed by atoms with van der Waals surface area (Å²) in [5.41, 5.74) is -1.47. The Bertz CT molecular complexity index is 1060. The molecule has 4 N–H and O–H groups in total. The molecule has 1 aromatic carbocycles. The number of hydrogen-bond donors (Lipinski definition) is 4. The number of methoxy groups -OCH3 is 2. The normalized spacial score (nSPS) is 32.3. The Labute approximate surface area is 228 Å². The molecule has 3 unspecified atom stereocenters. The lowest BCUT2D eigenvalue weighted by Gasteiger charge is -2.53. The maximum atomic E-state index is 14.0. The highest BCUT2D eigenvalue weighted by Gasteiger charge is 2.66. The topological polar surface area (TPSA) is 157 Å². The number of nitrogens with zero attached hydrogens (tertiary/aromatic N) is 2. The van der Waals surface area contributed by atoms with Gasteiger partial charge in [-0.2, -0.15) is 0 Å². The Morgan fingerprint density at radius 3 is 2.18 bits per heavy atom. The van der Waals surface area contributed by atoms with E-state index < -0.39 is 42.0 Å². The first-order chi connectivity index (χ1) is 18.4. The number of imide groups is 1. The van der Waals surface area contributed by atoms with Crippen molar-refractivity contribution in [1.29, 1.82) is 0 Å². The molecule has 1 heterocycles. The third kappa shape index (κ3) is 5.12. The highest BCUT2D eigenvalue weighted by Crippen LogP contribution is 2.45. The van der Waals surface area contributed by atoms with Crippen molar-refractivity contribution in [3.05, 3.63) is 35.4 Å². The van der Waals surface area contributed by atoms with Crippen LogP contribution in [-0.2, 0) is 14.3 Å². The summed E-state index contributed by atoms with van der Waals surface area (Å²) in [6.07, 6.45) is 2.17. The highest BCUT2D eigenvalue weighted by molar-refractivity contribution is 6.21. The zero-order chi connectivity index (χ0) is 28.6. The number of benzene rings is 1. The number of aliphatic hydroxyl groups excluding tert-OH is 1. The Kier molecular flexibility index (Phi) is 8.51. The number of fused-ring (bicyclic) bond motifs is 1. The van der Waals surface area contributed by atoms with Crippen molar-refractivity contribution in [2.24, 2.45) is 0 Å². The molecule has 39 heavy (non-hydrogen) atoms. The monoisotopic (exact) mass is 548 g/mol. The number of carbonyl (C=O) groups excluding carboxylic acids is 3. The molecule has 0 saturated heterocycles. The molecule has 0 aromatic heterocycles. The fourth-order valence-corrected chi connectivity index (χ4v) is 6.44. The van der Waals surface area contributed by atoms with Crippen LogP contribution in [0.1, 0.15) is 85.4 Å². The van der Waals surface area contributed by atoms with Gasteiger partial charge in [-0.3, -0.25) is 19.3 Å². The molecule has 11 nitrogen and oxygen atoms in total. The molecule has 1 aliphatic heterocycles. The second-order valence-electron chi connectivity index (χ2n) is 11.1. The van der Waals surface area contributed by atoms with E-state index in [2.05, 4.69) is 0 Å². The van der Waals surface area contributed by atoms with Gasteiger partial charge in [-0.15, -0.1) is 0 Å². The summed E-state index contributed by atoms with van der Waals surface area (Å²) < 4.78 is 10.0. The van der Waals surface area contributed by atoms with E-state index >= 15 is 0 Å². The first-order valence-electron chi connectivity index (χ1n) is 13.7. The lowest BCUT2D eigenvalue weighted by molar-refractivity contribution is -0.424. The molecule has 5 atom stereocenters. The van der Waals surface area contributed by atoms with Crippen LogP contribution in [0.2, 0.25) is 0 Å². The molecule has 3 aliphatic rings. The Balaban J connectivity index is 1.51. The zero-order valence-corrected chi connectivity index (χ0v) is 22.8. The van der Waals surface area contributed by atoms with E-state index in [9.17, 15) is 34.8 Å². The van der Waals surface area contributed by atoms with Gasteiger partial charge in [0.05, 0.1) is 11.1 Å². The summed E-state index contributed by atoms with van der Waals surface area (Å²) >= 11 is 0. The number of rotatable bonds is 9. The van der Waals surface area contributed by atoms with Gasteiger partial charge in [-0.05, 0) is 44.7 Å². The zero-order valence-electron chi connectivity index (χ0n) is 22.8. The van der Waals surface area contributed by atoms with Gasteiger partial charge in [0.1, 0.15) is 6.10 Å². The molecule has 0 spiro atoms. The smallest absolute Gasteiger partial charge is 0.261 e. The second-order valence-corrected chi connectivity index (χ2v) is 11.1. The molecule has 2 saturated carbocycles. The number of carbonyl (C=O) groups is 3. The van der Waals surface area contributed by atoms with Gasteiger partial charge in [0, 0.05) is 45.7 Å². The maximum Gasteiger partial charge on any atom is 0.261 e. The number of aliphatic hydroxyl groups is 4. The highest BCUT2D eigenvalue weighted by atomic mass is 16.7. The van der Waals surface area contributed by atoms with Gasteiger partial charge < -0.3 is 34.8 Å². The van der Waals surface area contributed by atoms with Crippen LogP contribution in [-0.4, -0.2) is 104 Å². The molecule has 216 valence electrons. The lowest BCUT2D eigenvalue weighted by Crippen LogP contribution is -2.73. The predicted molar refractivity (Wildman–Crippen MR) is 138 cm³/mol. The van der Waals surface area contributed by atoms with Crippen molar-refractivity contribution in [3.8, 4) is 0 Å². The van der Waals surface area contributed by atoms with Crippen LogP contribution in [0.15, 0.2) is 24.3 Å². The first-order valence-corrected chi connectivity index (χ1v) is 13.7. The number of amides is 3. The van der Waals surface area contributed by atoms with Crippen LogP contribution in [0.25, 0.3) is 0 Å². The molecule has 4 rings (SSSR count). The average molecular weight is 549 g/mol. The van der Waals surface area contributed by atoms with Gasteiger partial charge in [-0.25, -0.2) is 0 Å². The largest absolute Gasteiger partial charge is 0.387 e. The third-order valence-electron chi connectivity index (χ3n) is 8.68. The first kappa shape index (κ1) is 29.6. The average Bonchev–Trinajstić information content (AvgIpc) is 3.17. The van der Waals surface area contributed by atoms with Gasteiger partial charge in [-0.1, -0.05) is 31.4 Å². The van der Waals surface area contributed by atoms with Crippen LogP contribution < -0.4 is 0 Å². The summed E-state index contributed by atoms with van der Waals surface area (Å²) in [6.45, 7) is 2.04. The molecule has 0 radical (unpaired) electrons. The minimum atomic E-state index is -2.54. The molecule has 3 amide bonds. The van der Waals surface area contributed by atoms with E-state index in [4.69, 9.17) is 9.47 Å². The van der Waals surface area contributed by atoms with Crippen molar-refractivity contribution in [2.75, 3.05) is 20.8 Å². The molecular formula is C28H40N2O9. The Morgan fingerprint density at radius 1 is 1.05 bits per heavy atom. The molecule has 2 aliphatic carbocycles. The van der Waals surface area contributed by atoms with E-state index in [-0.39, 0.29) is 30.4 Å². The summed E-state index contributed by atoms with van der Waals surface area (Å²) in [7, 11) is 2.18. The van der Waals surface area contributed by atoms with Gasteiger partial charge in [0.15, 0.2) is 5.60 Å². The van der Waals surface area contributed by atoms with Crippen LogP contribution >= 0.6 is 0 Å². The second kappa shape index (κ2) is 11.2. The maximum absolute atomic E-state index is 14.0. The lowest BCUT2D eigenvalue weighted by atomic mass is 9.73. The van der Waals surface area contributed by atoms with Crippen molar-refractivity contribution < 1.29 is 44.3 Å². The van der Waals surface area contributed by atoms with Crippen molar-refractivity contribution in [3.63, 3.8) is 0 Å². The van der Waals surface area contributed by atoms with Crippen LogP contribution in [0.5, 0.6) is 0 Å². The van der Waals surface area contributed by atoms with E-state index in [1.54, 1.807) is 29.2 Å². The van der Waals surface area contributed by atoms with E-state index in [1.807, 2.05) is 6.92 Å². The van der Waals surface area contributed by atoms with Crippen LogP contribution in [0.3, 0.4) is 0 Å². The number of hydrogen-bond acceptors (Lipinski definition) is 9. The summed E-state index contributed by atoms with van der Waals surface area (Å²) in [5, 5.41) is 44.0. The predicted octanol–water partition coefficient (Wildman–Crippen LogP) is 1.17. The van der Waals surface area contributed by atoms with Crippen LogP contribution in [0, 0.1) is 0 Å². The minimum absolute atomic E-state index is 0.166. The summed E-state index contributed by atoms with van der Waals surface area (Å²) in [4.78, 5) is 42.4. The quantitative estimate of drug-likeness (QED) is 0.263. The third-order valence-corrected chi connectivity index (χ3v) is 8.68. The van der Waals surface area contributed by atoms with E-state index in [1.165, 1.54) is 4.90 Å². The fraction of sp³-hybridized carbons (Fsp3) is 0.679.